The molecule has 144 valence electrons. The fourth-order valence-electron chi connectivity index (χ4n) is 3.14. The van der Waals surface area contributed by atoms with Crippen LogP contribution in [0.25, 0.3) is 0 Å². The molecule has 0 unspecified atom stereocenters. The predicted molar refractivity (Wildman–Crippen MR) is 117 cm³/mol. The number of rotatable bonds is 5. The molecule has 0 fully saturated rings. The smallest absolute Gasteiger partial charge is 0.341 e. The topological polar surface area (TPSA) is 85.9 Å². The van der Waals surface area contributed by atoms with E-state index in [1.165, 1.54) is 31.8 Å². The third-order valence-corrected chi connectivity index (χ3v) is 4.47. The Hall–Kier alpha value is -2.29. The first-order valence-corrected chi connectivity index (χ1v) is 8.54. The minimum atomic E-state index is -0.447. The van der Waals surface area contributed by atoms with Crippen LogP contribution >= 0.6 is 24.0 Å². The molecule has 3 rings (SSSR count). The number of nitrogens with two attached hydrogens (primary N) is 1. The number of nitrogens with one attached hydrogen (secondary N) is 1. The van der Waals surface area contributed by atoms with Crippen molar-refractivity contribution in [3.8, 4) is 5.75 Å². The van der Waals surface area contributed by atoms with Crippen LogP contribution in [0, 0.1) is 0 Å². The first kappa shape index (κ1) is 21.0. The molecule has 1 aliphatic rings. The molecule has 0 aliphatic heterocycles. The maximum Gasteiger partial charge on any atom is 0.341 e. The lowest BCUT2D eigenvalue weighted by molar-refractivity contribution is 0.0597. The molecule has 0 radical (unpaired) electrons. The predicted octanol–water partition coefficient (Wildman–Crippen LogP) is 3.52. The fraction of sp³-hybridized carbons (Fsp3) is 0.300. The van der Waals surface area contributed by atoms with Crippen LogP contribution in [0.3, 0.4) is 0 Å². The van der Waals surface area contributed by atoms with E-state index in [-0.39, 0.29) is 24.0 Å². The molecular weight excluding hydrogens is 457 g/mol. The molecule has 3 N–H and O–H groups in total. The van der Waals surface area contributed by atoms with Gasteiger partial charge in [-0.1, -0.05) is 12.1 Å². The van der Waals surface area contributed by atoms with Gasteiger partial charge in [0, 0.05) is 5.69 Å². The molecule has 0 aromatic heterocycles. The second-order valence-electron chi connectivity index (χ2n) is 6.19. The first-order valence-electron chi connectivity index (χ1n) is 8.54. The Kier molecular flexibility index (Phi) is 7.46. The Bertz CT molecular complexity index is 852. The zero-order valence-electron chi connectivity index (χ0n) is 15.5. The largest absolute Gasteiger partial charge is 0.496 e. The number of nitrogens with zero attached hydrogens (tertiary/aromatic N) is 1. The number of hydrogen-bond acceptors (Lipinski definition) is 4. The van der Waals surface area contributed by atoms with Crippen LogP contribution in [0.5, 0.6) is 5.75 Å². The molecule has 0 heterocycles. The molecule has 2 aromatic carbocycles. The SMILES string of the molecule is COC(=O)c1cc(CN=C(N)Nc2ccc3c(c2)CCC3)ccc1OC.I. The van der Waals surface area contributed by atoms with E-state index in [4.69, 9.17) is 15.2 Å². The van der Waals surface area contributed by atoms with Gasteiger partial charge in [-0.2, -0.15) is 0 Å². The number of hydrogen-bond donors (Lipinski definition) is 2. The van der Waals surface area contributed by atoms with E-state index >= 15 is 0 Å². The molecule has 27 heavy (non-hydrogen) atoms. The number of halogens is 1. The van der Waals surface area contributed by atoms with Gasteiger partial charge in [-0.05, 0) is 60.2 Å². The number of ether oxygens (including phenoxy) is 2. The number of aliphatic imine (C=N–C) groups is 1. The van der Waals surface area contributed by atoms with Crippen LogP contribution in [0.4, 0.5) is 5.69 Å². The molecule has 0 saturated carbocycles. The minimum absolute atomic E-state index is 0. The molecular formula is C20H24IN3O3. The number of carbonyl (C=O) groups excluding carboxylic acids is 1. The summed E-state index contributed by atoms with van der Waals surface area (Å²) in [5.74, 6) is 0.351. The molecule has 0 spiro atoms. The van der Waals surface area contributed by atoms with Crippen molar-refractivity contribution in [2.45, 2.75) is 25.8 Å². The Balaban J connectivity index is 0.00000261. The minimum Gasteiger partial charge on any atom is -0.496 e. The summed E-state index contributed by atoms with van der Waals surface area (Å²) in [5, 5.41) is 3.12. The molecule has 2 aromatic rings. The molecule has 0 amide bonds. The third-order valence-electron chi connectivity index (χ3n) is 4.47. The van der Waals surface area contributed by atoms with Gasteiger partial charge in [0.25, 0.3) is 0 Å². The summed E-state index contributed by atoms with van der Waals surface area (Å²) in [7, 11) is 2.85. The van der Waals surface area contributed by atoms with E-state index in [1.807, 2.05) is 12.1 Å². The van der Waals surface area contributed by atoms with Crippen molar-refractivity contribution in [2.75, 3.05) is 19.5 Å². The first-order chi connectivity index (χ1) is 12.6. The van der Waals surface area contributed by atoms with Gasteiger partial charge in [0.2, 0.25) is 0 Å². The zero-order valence-corrected chi connectivity index (χ0v) is 17.8. The highest BCUT2D eigenvalue weighted by molar-refractivity contribution is 14.0. The lowest BCUT2D eigenvalue weighted by Gasteiger charge is -2.10. The van der Waals surface area contributed by atoms with Crippen molar-refractivity contribution < 1.29 is 14.3 Å². The summed E-state index contributed by atoms with van der Waals surface area (Å²) < 4.78 is 9.97. The normalized spacial score (nSPS) is 12.7. The molecule has 1 aliphatic carbocycles. The number of carbonyl (C=O) groups is 1. The number of guanidine groups is 1. The molecule has 7 heteroatoms. The van der Waals surface area contributed by atoms with E-state index < -0.39 is 5.97 Å². The summed E-state index contributed by atoms with van der Waals surface area (Å²) >= 11 is 0. The standard InChI is InChI=1S/C20H23N3O3.HI/c1-25-18-9-6-13(10-17(18)19(24)26-2)12-22-20(21)23-16-8-7-14-4-3-5-15(14)11-16;/h6-11H,3-5,12H2,1-2H3,(H3,21,22,23);1H. The van der Waals surface area contributed by atoms with Crippen LogP contribution in [0.15, 0.2) is 41.4 Å². The van der Waals surface area contributed by atoms with Crippen molar-refractivity contribution in [1.82, 2.24) is 0 Å². The van der Waals surface area contributed by atoms with Gasteiger partial charge >= 0.3 is 5.97 Å². The highest BCUT2D eigenvalue weighted by Crippen LogP contribution is 2.25. The number of methoxy groups -OCH3 is 2. The number of esters is 1. The summed E-state index contributed by atoms with van der Waals surface area (Å²) in [5.41, 5.74) is 10.9. The van der Waals surface area contributed by atoms with Crippen LogP contribution in [0.1, 0.15) is 33.5 Å². The highest BCUT2D eigenvalue weighted by atomic mass is 127. The summed E-state index contributed by atoms with van der Waals surface area (Å²) in [6.45, 7) is 0.345. The molecule has 0 saturated heterocycles. The number of anilines is 1. The van der Waals surface area contributed by atoms with E-state index in [2.05, 4.69) is 22.4 Å². The fourth-order valence-corrected chi connectivity index (χ4v) is 3.14. The quantitative estimate of drug-likeness (QED) is 0.296. The lowest BCUT2D eigenvalue weighted by Crippen LogP contribution is -2.22. The Labute approximate surface area is 176 Å². The van der Waals surface area contributed by atoms with E-state index in [1.54, 1.807) is 12.1 Å². The van der Waals surface area contributed by atoms with Gasteiger partial charge in [0.1, 0.15) is 11.3 Å². The monoisotopic (exact) mass is 481 g/mol. The second kappa shape index (κ2) is 9.59. The summed E-state index contributed by atoms with van der Waals surface area (Å²) in [6.07, 6.45) is 3.48. The average Bonchev–Trinajstić information content (AvgIpc) is 3.13. The van der Waals surface area contributed by atoms with Crippen LogP contribution in [0.2, 0.25) is 0 Å². The van der Waals surface area contributed by atoms with Crippen molar-refractivity contribution in [3.05, 3.63) is 58.7 Å². The van der Waals surface area contributed by atoms with Crippen molar-refractivity contribution in [3.63, 3.8) is 0 Å². The van der Waals surface area contributed by atoms with Gasteiger partial charge in [0.15, 0.2) is 5.96 Å². The van der Waals surface area contributed by atoms with Crippen LogP contribution in [-0.4, -0.2) is 26.1 Å². The van der Waals surface area contributed by atoms with Crippen molar-refractivity contribution in [1.29, 1.82) is 0 Å². The van der Waals surface area contributed by atoms with Crippen molar-refractivity contribution in [2.24, 2.45) is 10.7 Å². The maximum absolute atomic E-state index is 11.8. The molecule has 0 atom stereocenters. The maximum atomic E-state index is 11.8. The summed E-state index contributed by atoms with van der Waals surface area (Å²) in [6, 6.07) is 11.6. The number of aryl methyl sites for hydroxylation is 2. The second-order valence-corrected chi connectivity index (χ2v) is 6.19. The van der Waals surface area contributed by atoms with Gasteiger partial charge in [0.05, 0.1) is 20.8 Å². The van der Waals surface area contributed by atoms with Crippen molar-refractivity contribution >= 4 is 41.6 Å². The Morgan fingerprint density at radius 3 is 2.67 bits per heavy atom. The van der Waals surface area contributed by atoms with Gasteiger partial charge in [-0.3, -0.25) is 0 Å². The van der Waals surface area contributed by atoms with Gasteiger partial charge in [-0.25, -0.2) is 9.79 Å². The third kappa shape index (κ3) is 5.12. The Morgan fingerprint density at radius 2 is 1.93 bits per heavy atom. The van der Waals surface area contributed by atoms with E-state index in [0.717, 1.165) is 24.1 Å². The molecule has 0 bridgehead atoms. The zero-order chi connectivity index (χ0) is 18.5. The Morgan fingerprint density at radius 1 is 1.15 bits per heavy atom. The van der Waals surface area contributed by atoms with E-state index in [9.17, 15) is 4.79 Å². The number of benzene rings is 2. The molecule has 6 nitrogen and oxygen atoms in total. The van der Waals surface area contributed by atoms with Gasteiger partial charge in [-0.15, -0.1) is 24.0 Å². The average molecular weight is 481 g/mol. The van der Waals surface area contributed by atoms with E-state index in [0.29, 0.717) is 23.8 Å². The van der Waals surface area contributed by atoms with Crippen LogP contribution in [-0.2, 0) is 24.1 Å². The van der Waals surface area contributed by atoms with Crippen LogP contribution < -0.4 is 15.8 Å². The number of fused-ring (bicyclic) bond motifs is 1. The lowest BCUT2D eigenvalue weighted by atomic mass is 10.1. The van der Waals surface area contributed by atoms with Gasteiger partial charge < -0.3 is 20.5 Å². The highest BCUT2D eigenvalue weighted by Gasteiger charge is 2.13. The summed E-state index contributed by atoms with van der Waals surface area (Å²) in [4.78, 5) is 16.2.